The molecule has 2 heteroatoms. The smallest absolute Gasteiger partial charge is 0.239 e. The van der Waals surface area contributed by atoms with E-state index < -0.39 is 0 Å². The summed E-state index contributed by atoms with van der Waals surface area (Å²) in [6.07, 6.45) is 1.72. The van der Waals surface area contributed by atoms with E-state index in [9.17, 15) is 4.79 Å². The first-order valence-corrected chi connectivity index (χ1v) is 5.04. The second kappa shape index (κ2) is 5.12. The molecule has 0 saturated heterocycles. The van der Waals surface area contributed by atoms with Gasteiger partial charge in [-0.15, -0.1) is 0 Å². The van der Waals surface area contributed by atoms with Crippen molar-refractivity contribution in [3.05, 3.63) is 54.6 Å². The number of ether oxygens (including phenoxy) is 1. The van der Waals surface area contributed by atoms with E-state index in [4.69, 9.17) is 4.74 Å². The van der Waals surface area contributed by atoms with E-state index in [0.717, 1.165) is 11.1 Å². The molecule has 0 aliphatic rings. The Kier molecular flexibility index (Phi) is 3.34. The summed E-state index contributed by atoms with van der Waals surface area (Å²) < 4.78 is 5.32. The lowest BCUT2D eigenvalue weighted by Crippen LogP contribution is -1.98. The van der Waals surface area contributed by atoms with Crippen LogP contribution in [0.2, 0.25) is 0 Å². The predicted octanol–water partition coefficient (Wildman–Crippen LogP) is 2.84. The number of hydrogen-bond donors (Lipinski definition) is 0. The van der Waals surface area contributed by atoms with Gasteiger partial charge in [-0.3, -0.25) is 4.79 Å². The van der Waals surface area contributed by atoms with Crippen LogP contribution < -0.4 is 4.74 Å². The van der Waals surface area contributed by atoms with Gasteiger partial charge in [0.05, 0.1) is 0 Å². The van der Waals surface area contributed by atoms with E-state index in [0.29, 0.717) is 5.75 Å². The van der Waals surface area contributed by atoms with Gasteiger partial charge in [-0.25, -0.2) is 0 Å². The Morgan fingerprint density at radius 2 is 1.62 bits per heavy atom. The minimum atomic E-state index is -0.0379. The third kappa shape index (κ3) is 2.28. The zero-order valence-electron chi connectivity index (χ0n) is 8.72. The molecule has 2 aromatic carbocycles. The Bertz CT molecular complexity index is 463. The molecule has 0 spiro atoms. The fraction of sp³-hybridized carbons (Fsp3) is 0.0714. The Hall–Kier alpha value is -2.09. The van der Waals surface area contributed by atoms with Gasteiger partial charge in [0.15, 0.2) is 6.61 Å². The molecule has 0 amide bonds. The largest absolute Gasteiger partial charge is 0.485 e. The Morgan fingerprint density at radius 1 is 0.938 bits per heavy atom. The summed E-state index contributed by atoms with van der Waals surface area (Å²) in [4.78, 5) is 10.2. The highest BCUT2D eigenvalue weighted by molar-refractivity contribution is 5.70. The third-order valence-electron chi connectivity index (χ3n) is 2.26. The van der Waals surface area contributed by atoms with Gasteiger partial charge in [0.2, 0.25) is 6.29 Å². The molecule has 0 bridgehead atoms. The minimum absolute atomic E-state index is 0.0379. The Labute approximate surface area is 94.5 Å². The van der Waals surface area contributed by atoms with Crippen LogP contribution in [0.5, 0.6) is 5.75 Å². The van der Waals surface area contributed by atoms with Crippen LogP contribution in [0.3, 0.4) is 0 Å². The van der Waals surface area contributed by atoms with Gasteiger partial charge < -0.3 is 4.74 Å². The van der Waals surface area contributed by atoms with Gasteiger partial charge in [0.25, 0.3) is 0 Å². The highest BCUT2D eigenvalue weighted by Gasteiger charge is 2.04. The summed E-state index contributed by atoms with van der Waals surface area (Å²) in [5.41, 5.74) is 2.06. The van der Waals surface area contributed by atoms with Crippen molar-refractivity contribution in [3.8, 4) is 16.9 Å². The van der Waals surface area contributed by atoms with Crippen LogP contribution in [0.15, 0.2) is 54.6 Å². The maximum absolute atomic E-state index is 10.2. The van der Waals surface area contributed by atoms with Crippen molar-refractivity contribution in [2.75, 3.05) is 6.61 Å². The summed E-state index contributed by atoms with van der Waals surface area (Å²) in [6, 6.07) is 17.6. The molecule has 16 heavy (non-hydrogen) atoms. The summed E-state index contributed by atoms with van der Waals surface area (Å²) in [5.74, 6) is 0.706. The minimum Gasteiger partial charge on any atom is -0.485 e. The van der Waals surface area contributed by atoms with Crippen LogP contribution >= 0.6 is 0 Å². The van der Waals surface area contributed by atoms with E-state index in [1.165, 1.54) is 0 Å². The van der Waals surface area contributed by atoms with Gasteiger partial charge in [-0.1, -0.05) is 48.5 Å². The molecule has 0 fully saturated rings. The normalized spacial score (nSPS) is 9.75. The van der Waals surface area contributed by atoms with Crippen molar-refractivity contribution < 1.29 is 9.53 Å². The molecule has 2 aromatic rings. The van der Waals surface area contributed by atoms with Crippen molar-refractivity contribution in [3.63, 3.8) is 0 Å². The summed E-state index contributed by atoms with van der Waals surface area (Å²) in [6.45, 7) is -0.0379. The maximum atomic E-state index is 10.2. The van der Waals surface area contributed by atoms with Crippen molar-refractivity contribution in [2.45, 2.75) is 0 Å². The third-order valence-corrected chi connectivity index (χ3v) is 2.26. The molecule has 79 valence electrons. The maximum Gasteiger partial charge on any atom is 0.239 e. The fourth-order valence-corrected chi connectivity index (χ4v) is 1.56. The zero-order chi connectivity index (χ0) is 11.2. The molecule has 0 aromatic heterocycles. The number of carbonyl (C=O) groups excluding carboxylic acids is 1. The van der Waals surface area contributed by atoms with Crippen LogP contribution in [-0.2, 0) is 4.79 Å². The lowest BCUT2D eigenvalue weighted by molar-refractivity contribution is 0.366. The summed E-state index contributed by atoms with van der Waals surface area (Å²) in [5, 5.41) is 0. The topological polar surface area (TPSA) is 26.3 Å². The number of hydrogen-bond acceptors (Lipinski definition) is 2. The zero-order valence-corrected chi connectivity index (χ0v) is 8.72. The molecule has 0 aliphatic heterocycles. The first-order valence-electron chi connectivity index (χ1n) is 5.04. The molecule has 1 radical (unpaired) electrons. The molecule has 0 heterocycles. The summed E-state index contributed by atoms with van der Waals surface area (Å²) in [7, 11) is 0. The van der Waals surface area contributed by atoms with E-state index in [-0.39, 0.29) is 6.61 Å². The van der Waals surface area contributed by atoms with Crippen molar-refractivity contribution in [1.29, 1.82) is 0 Å². The van der Waals surface area contributed by atoms with Crippen molar-refractivity contribution in [2.24, 2.45) is 0 Å². The Balaban J connectivity index is 2.36. The van der Waals surface area contributed by atoms with Gasteiger partial charge in [0, 0.05) is 5.56 Å². The first-order chi connectivity index (χ1) is 7.92. The lowest BCUT2D eigenvalue weighted by Gasteiger charge is -2.08. The molecule has 0 saturated carbocycles. The highest BCUT2D eigenvalue weighted by Crippen LogP contribution is 2.29. The predicted molar refractivity (Wildman–Crippen MR) is 63.1 cm³/mol. The standard InChI is InChI=1S/C14H11O2/c15-10-11-16-14-9-5-4-8-13(14)12-6-2-1-3-7-12/h1-9H,11H2. The second-order valence-electron chi connectivity index (χ2n) is 3.30. The second-order valence-corrected chi connectivity index (χ2v) is 3.30. The van der Waals surface area contributed by atoms with Gasteiger partial charge in [-0.05, 0) is 11.6 Å². The quantitative estimate of drug-likeness (QED) is 0.777. The number of para-hydroxylation sites is 1. The van der Waals surface area contributed by atoms with Crippen LogP contribution in [0.4, 0.5) is 0 Å². The van der Waals surface area contributed by atoms with Gasteiger partial charge in [0.1, 0.15) is 5.75 Å². The molecule has 0 aliphatic carbocycles. The van der Waals surface area contributed by atoms with Gasteiger partial charge >= 0.3 is 0 Å². The highest BCUT2D eigenvalue weighted by atomic mass is 16.5. The van der Waals surface area contributed by atoms with Crippen LogP contribution in [0.1, 0.15) is 0 Å². The molecule has 0 N–H and O–H groups in total. The first kappa shape index (κ1) is 10.4. The van der Waals surface area contributed by atoms with E-state index in [1.54, 1.807) is 6.29 Å². The molecular formula is C14H11O2. The van der Waals surface area contributed by atoms with Gasteiger partial charge in [-0.2, -0.15) is 0 Å². The molecule has 2 rings (SSSR count). The number of rotatable bonds is 4. The molecule has 2 nitrogen and oxygen atoms in total. The van der Waals surface area contributed by atoms with E-state index in [2.05, 4.69) is 0 Å². The summed E-state index contributed by atoms with van der Waals surface area (Å²) >= 11 is 0. The lowest BCUT2D eigenvalue weighted by atomic mass is 10.1. The molecule has 0 atom stereocenters. The monoisotopic (exact) mass is 211 g/mol. The molecule has 0 unspecified atom stereocenters. The average molecular weight is 211 g/mol. The fourth-order valence-electron chi connectivity index (χ4n) is 1.56. The van der Waals surface area contributed by atoms with E-state index in [1.807, 2.05) is 54.6 Å². The van der Waals surface area contributed by atoms with Crippen LogP contribution in [-0.4, -0.2) is 12.9 Å². The Morgan fingerprint density at radius 3 is 2.38 bits per heavy atom. The number of benzene rings is 2. The van der Waals surface area contributed by atoms with Crippen molar-refractivity contribution in [1.82, 2.24) is 0 Å². The van der Waals surface area contributed by atoms with Crippen molar-refractivity contribution >= 4 is 6.29 Å². The average Bonchev–Trinajstić information content (AvgIpc) is 2.38. The SMILES string of the molecule is O=[C]COc1ccccc1-c1ccccc1. The van der Waals surface area contributed by atoms with Crippen LogP contribution in [0, 0.1) is 0 Å². The molecular weight excluding hydrogens is 200 g/mol. The van der Waals surface area contributed by atoms with E-state index >= 15 is 0 Å². The van der Waals surface area contributed by atoms with Crippen LogP contribution in [0.25, 0.3) is 11.1 Å².